The summed E-state index contributed by atoms with van der Waals surface area (Å²) in [4.78, 5) is 11.8. The fourth-order valence-electron chi connectivity index (χ4n) is 2.18. The maximum atomic E-state index is 12.6. The number of nitrogens with zero attached hydrogens (tertiary/aromatic N) is 2. The third kappa shape index (κ3) is 2.58. The third-order valence-corrected chi connectivity index (χ3v) is 5.19. The first-order chi connectivity index (χ1) is 10.9. The van der Waals surface area contributed by atoms with E-state index in [1.807, 2.05) is 0 Å². The number of sulfone groups is 1. The quantitative estimate of drug-likeness (QED) is 0.778. The minimum absolute atomic E-state index is 0.00894. The Labute approximate surface area is 137 Å². The van der Waals surface area contributed by atoms with Gasteiger partial charge in [0.1, 0.15) is 0 Å². The first-order valence-electron chi connectivity index (χ1n) is 6.52. The second kappa shape index (κ2) is 5.68. The molecule has 23 heavy (non-hydrogen) atoms. The molecule has 118 valence electrons. The van der Waals surface area contributed by atoms with Gasteiger partial charge in [0.05, 0.1) is 23.4 Å². The number of ether oxygens (including phenoxy) is 1. The van der Waals surface area contributed by atoms with Gasteiger partial charge in [-0.1, -0.05) is 23.7 Å². The van der Waals surface area contributed by atoms with Crippen LogP contribution in [0.2, 0.25) is 5.02 Å². The summed E-state index contributed by atoms with van der Waals surface area (Å²) < 4.78 is 29.7. The molecule has 0 N–H and O–H groups in total. The van der Waals surface area contributed by atoms with Crippen molar-refractivity contribution in [1.82, 2.24) is 0 Å². The highest BCUT2D eigenvalue weighted by Crippen LogP contribution is 2.37. The third-order valence-electron chi connectivity index (χ3n) is 3.26. The zero-order chi connectivity index (χ0) is 16.6. The number of carbonyl (C=O) groups excluding carboxylic acids is 1. The van der Waals surface area contributed by atoms with E-state index in [-0.39, 0.29) is 4.90 Å². The van der Waals surface area contributed by atoms with Gasteiger partial charge in [-0.2, -0.15) is 0 Å². The van der Waals surface area contributed by atoms with E-state index in [0.717, 1.165) is 7.11 Å². The number of halogens is 1. The Balaban J connectivity index is 2.25. The van der Waals surface area contributed by atoms with Crippen LogP contribution in [0.5, 0.6) is 0 Å². The van der Waals surface area contributed by atoms with Gasteiger partial charge in [0.15, 0.2) is 0 Å². The summed E-state index contributed by atoms with van der Waals surface area (Å²) in [7, 11) is -2.93. The van der Waals surface area contributed by atoms with Gasteiger partial charge in [0.25, 0.3) is 5.04 Å². The summed E-state index contributed by atoms with van der Waals surface area (Å²) in [5.74, 6) is -1.02. The van der Waals surface area contributed by atoms with E-state index < -0.39 is 20.9 Å². The van der Waals surface area contributed by atoms with E-state index in [1.54, 1.807) is 42.5 Å². The van der Waals surface area contributed by atoms with Crippen LogP contribution < -0.4 is 5.01 Å². The van der Waals surface area contributed by atoms with Crippen LogP contribution in [0.4, 0.5) is 11.4 Å². The lowest BCUT2D eigenvalue weighted by atomic mass is 10.2. The molecule has 0 radical (unpaired) electrons. The lowest BCUT2D eigenvalue weighted by Crippen LogP contribution is -2.33. The summed E-state index contributed by atoms with van der Waals surface area (Å²) in [6.45, 7) is 0. The highest BCUT2D eigenvalue weighted by Gasteiger charge is 2.38. The summed E-state index contributed by atoms with van der Waals surface area (Å²) in [6, 6.07) is 13.0. The van der Waals surface area contributed by atoms with Crippen LogP contribution in [0.25, 0.3) is 0 Å². The fraction of sp³-hybridized carbons (Fsp3) is 0.0667. The minimum Gasteiger partial charge on any atom is -0.464 e. The molecule has 0 unspecified atom stereocenters. The molecular weight excluding hydrogens is 340 g/mol. The predicted molar refractivity (Wildman–Crippen MR) is 86.7 cm³/mol. The summed E-state index contributed by atoms with van der Waals surface area (Å²) in [5.41, 5.74) is 0.917. The predicted octanol–water partition coefficient (Wildman–Crippen LogP) is 2.75. The Morgan fingerprint density at radius 3 is 2.43 bits per heavy atom. The van der Waals surface area contributed by atoms with Crippen molar-refractivity contribution in [3.05, 3.63) is 53.6 Å². The SMILES string of the molecule is COC(=O)C1=NN(c2ccc(Cl)cc2)c2ccccc2S1(=O)=O. The van der Waals surface area contributed by atoms with Gasteiger partial charge in [-0.3, -0.25) is 0 Å². The molecule has 1 aliphatic rings. The van der Waals surface area contributed by atoms with Crippen LogP contribution in [-0.4, -0.2) is 26.5 Å². The minimum atomic E-state index is -4.04. The number of benzene rings is 2. The van der Waals surface area contributed by atoms with Gasteiger partial charge >= 0.3 is 5.97 Å². The number of carbonyl (C=O) groups is 1. The molecule has 0 atom stereocenters. The largest absolute Gasteiger partial charge is 0.464 e. The molecule has 0 bridgehead atoms. The Morgan fingerprint density at radius 1 is 1.13 bits per heavy atom. The fourth-order valence-corrected chi connectivity index (χ4v) is 3.69. The summed E-state index contributed by atoms with van der Waals surface area (Å²) in [5, 5.41) is 5.24. The molecule has 0 spiro atoms. The van der Waals surface area contributed by atoms with Crippen molar-refractivity contribution >= 4 is 43.8 Å². The summed E-state index contributed by atoms with van der Waals surface area (Å²) in [6.07, 6.45) is 0. The van der Waals surface area contributed by atoms with Gasteiger partial charge in [-0.05, 0) is 36.4 Å². The van der Waals surface area contributed by atoms with Gasteiger partial charge in [0.2, 0.25) is 9.84 Å². The molecular formula is C15H11ClN2O4S. The number of methoxy groups -OCH3 is 1. The van der Waals surface area contributed by atoms with Crippen molar-refractivity contribution in [3.63, 3.8) is 0 Å². The first kappa shape index (κ1) is 15.5. The molecule has 1 heterocycles. The second-order valence-electron chi connectivity index (χ2n) is 4.66. The number of para-hydroxylation sites is 1. The Morgan fingerprint density at radius 2 is 1.78 bits per heavy atom. The second-order valence-corrected chi connectivity index (χ2v) is 6.93. The highest BCUT2D eigenvalue weighted by atomic mass is 35.5. The van der Waals surface area contributed by atoms with Gasteiger partial charge in [0, 0.05) is 5.02 Å². The zero-order valence-corrected chi connectivity index (χ0v) is 13.5. The van der Waals surface area contributed by atoms with Crippen molar-refractivity contribution in [2.45, 2.75) is 4.90 Å². The molecule has 1 aliphatic heterocycles. The van der Waals surface area contributed by atoms with E-state index >= 15 is 0 Å². The van der Waals surface area contributed by atoms with Gasteiger partial charge in [-0.25, -0.2) is 18.2 Å². The number of esters is 1. The average Bonchev–Trinajstić information content (AvgIpc) is 2.55. The lowest BCUT2D eigenvalue weighted by Gasteiger charge is -2.26. The monoisotopic (exact) mass is 350 g/mol. The van der Waals surface area contributed by atoms with Crippen molar-refractivity contribution in [2.24, 2.45) is 5.10 Å². The van der Waals surface area contributed by atoms with E-state index in [9.17, 15) is 13.2 Å². The molecule has 2 aromatic carbocycles. The van der Waals surface area contributed by atoms with Crippen molar-refractivity contribution in [2.75, 3.05) is 12.1 Å². The van der Waals surface area contributed by atoms with Gasteiger partial charge in [-0.15, -0.1) is 5.10 Å². The molecule has 0 saturated heterocycles. The van der Waals surface area contributed by atoms with Gasteiger partial charge < -0.3 is 4.74 Å². The average molecular weight is 351 g/mol. The molecule has 3 rings (SSSR count). The number of hydrazone groups is 1. The molecule has 2 aromatic rings. The van der Waals surface area contributed by atoms with Crippen LogP contribution in [0, 0.1) is 0 Å². The molecule has 6 nitrogen and oxygen atoms in total. The van der Waals surface area contributed by atoms with Crippen LogP contribution >= 0.6 is 11.6 Å². The summed E-state index contributed by atoms with van der Waals surface area (Å²) >= 11 is 5.87. The molecule has 8 heteroatoms. The number of hydrogen-bond acceptors (Lipinski definition) is 6. The molecule has 0 amide bonds. The van der Waals surface area contributed by atoms with E-state index in [0.29, 0.717) is 16.4 Å². The van der Waals surface area contributed by atoms with Crippen LogP contribution in [0.1, 0.15) is 0 Å². The van der Waals surface area contributed by atoms with Crippen molar-refractivity contribution < 1.29 is 17.9 Å². The normalized spacial score (nSPS) is 15.6. The zero-order valence-electron chi connectivity index (χ0n) is 11.9. The molecule has 0 aliphatic carbocycles. The first-order valence-corrected chi connectivity index (χ1v) is 8.38. The maximum absolute atomic E-state index is 12.6. The number of fused-ring (bicyclic) bond motifs is 1. The van der Waals surface area contributed by atoms with E-state index in [2.05, 4.69) is 9.84 Å². The molecule has 0 saturated carbocycles. The van der Waals surface area contributed by atoms with Crippen molar-refractivity contribution in [3.8, 4) is 0 Å². The number of hydrogen-bond donors (Lipinski definition) is 0. The lowest BCUT2D eigenvalue weighted by molar-refractivity contribution is -0.132. The van der Waals surface area contributed by atoms with Crippen LogP contribution in [0.3, 0.4) is 0 Å². The Bertz CT molecular complexity index is 907. The Hall–Kier alpha value is -2.38. The van der Waals surface area contributed by atoms with E-state index in [1.165, 1.54) is 11.1 Å². The molecule has 0 fully saturated rings. The maximum Gasteiger partial charge on any atom is 0.370 e. The molecule has 0 aromatic heterocycles. The topological polar surface area (TPSA) is 76.0 Å². The van der Waals surface area contributed by atoms with Crippen molar-refractivity contribution in [1.29, 1.82) is 0 Å². The van der Waals surface area contributed by atoms with Crippen LogP contribution in [0.15, 0.2) is 58.5 Å². The standard InChI is InChI=1S/C15H11ClN2O4S/c1-22-15(19)14-17-18(11-8-6-10(16)7-9-11)12-4-2-3-5-13(12)23(14,20)21/h2-9H,1H3. The smallest absolute Gasteiger partial charge is 0.370 e. The van der Waals surface area contributed by atoms with E-state index in [4.69, 9.17) is 11.6 Å². The number of anilines is 2. The van der Waals surface area contributed by atoms with Crippen LogP contribution in [-0.2, 0) is 19.4 Å². The Kier molecular flexibility index (Phi) is 3.83. The highest BCUT2D eigenvalue weighted by molar-refractivity contribution is 8.08. The number of rotatable bonds is 2.